The minimum atomic E-state index is -0.147. The summed E-state index contributed by atoms with van der Waals surface area (Å²) >= 11 is 0. The zero-order valence-corrected chi connectivity index (χ0v) is 13.5. The van der Waals surface area contributed by atoms with Crippen molar-refractivity contribution in [3.05, 3.63) is 30.3 Å². The maximum Gasteiger partial charge on any atom is 0.230 e. The molecular weight excluding hydrogens is 276 g/mol. The third kappa shape index (κ3) is 4.09. The largest absolute Gasteiger partial charge is 0.356 e. The molecule has 2 rings (SSSR count). The monoisotopic (exact) mass is 302 g/mol. The van der Waals surface area contributed by atoms with Gasteiger partial charge in [-0.15, -0.1) is 0 Å². The Morgan fingerprint density at radius 3 is 2.50 bits per heavy atom. The van der Waals surface area contributed by atoms with E-state index in [2.05, 4.69) is 12.2 Å². The standard InChI is InChI=1S/C18H26N2O2/c1-3-5-9-12-19-17(21)15-13-16(15)18(22)20(4-2)14-10-7-6-8-11-14/h6-8,10-11,15-16H,3-5,9,12-13H2,1-2H3,(H,19,21). The van der Waals surface area contributed by atoms with Crippen molar-refractivity contribution < 1.29 is 9.59 Å². The number of anilines is 1. The topological polar surface area (TPSA) is 49.4 Å². The van der Waals surface area contributed by atoms with Crippen LogP contribution in [0.1, 0.15) is 39.5 Å². The van der Waals surface area contributed by atoms with E-state index in [4.69, 9.17) is 0 Å². The number of benzene rings is 1. The first kappa shape index (κ1) is 16.5. The van der Waals surface area contributed by atoms with E-state index in [1.54, 1.807) is 4.90 Å². The molecule has 22 heavy (non-hydrogen) atoms. The third-order valence-corrected chi connectivity index (χ3v) is 4.17. The number of hydrogen-bond donors (Lipinski definition) is 1. The van der Waals surface area contributed by atoms with E-state index in [0.29, 0.717) is 13.0 Å². The van der Waals surface area contributed by atoms with Gasteiger partial charge in [-0.25, -0.2) is 0 Å². The van der Waals surface area contributed by atoms with E-state index in [0.717, 1.165) is 31.5 Å². The molecule has 0 saturated heterocycles. The number of hydrogen-bond acceptors (Lipinski definition) is 2. The maximum atomic E-state index is 12.6. The normalized spacial score (nSPS) is 19.5. The highest BCUT2D eigenvalue weighted by molar-refractivity contribution is 6.01. The van der Waals surface area contributed by atoms with Crippen LogP contribution in [0.5, 0.6) is 0 Å². The molecule has 0 spiro atoms. The van der Waals surface area contributed by atoms with Crippen molar-refractivity contribution in [3.8, 4) is 0 Å². The number of carbonyl (C=O) groups is 2. The summed E-state index contributed by atoms with van der Waals surface area (Å²) in [5.41, 5.74) is 0.906. The molecule has 0 heterocycles. The van der Waals surface area contributed by atoms with Crippen LogP contribution in [0.25, 0.3) is 0 Å². The predicted molar refractivity (Wildman–Crippen MR) is 88.6 cm³/mol. The van der Waals surface area contributed by atoms with Gasteiger partial charge in [0, 0.05) is 18.8 Å². The molecule has 2 unspecified atom stereocenters. The number of unbranched alkanes of at least 4 members (excludes halogenated alkanes) is 2. The summed E-state index contributed by atoms with van der Waals surface area (Å²) in [6.45, 7) is 5.46. The molecule has 2 atom stereocenters. The summed E-state index contributed by atoms with van der Waals surface area (Å²) in [4.78, 5) is 26.4. The first-order chi connectivity index (χ1) is 10.7. The Balaban J connectivity index is 1.85. The van der Waals surface area contributed by atoms with Gasteiger partial charge in [-0.05, 0) is 31.9 Å². The van der Waals surface area contributed by atoms with Crippen LogP contribution >= 0.6 is 0 Å². The fourth-order valence-electron chi connectivity index (χ4n) is 2.75. The second-order valence-electron chi connectivity index (χ2n) is 5.86. The first-order valence-corrected chi connectivity index (χ1v) is 8.33. The van der Waals surface area contributed by atoms with E-state index in [1.807, 2.05) is 37.3 Å². The summed E-state index contributed by atoms with van der Waals surface area (Å²) in [5, 5.41) is 2.95. The van der Waals surface area contributed by atoms with Crippen LogP contribution in [-0.2, 0) is 9.59 Å². The number of amides is 2. The minimum absolute atomic E-state index is 0.0403. The number of carbonyl (C=O) groups excluding carboxylic acids is 2. The minimum Gasteiger partial charge on any atom is -0.356 e. The molecule has 1 aromatic carbocycles. The lowest BCUT2D eigenvalue weighted by molar-refractivity contribution is -0.126. The smallest absolute Gasteiger partial charge is 0.230 e. The van der Waals surface area contributed by atoms with Gasteiger partial charge >= 0.3 is 0 Å². The van der Waals surface area contributed by atoms with Crippen LogP contribution in [0.3, 0.4) is 0 Å². The van der Waals surface area contributed by atoms with Gasteiger partial charge in [0.05, 0.1) is 11.8 Å². The van der Waals surface area contributed by atoms with Crippen molar-refractivity contribution in [3.63, 3.8) is 0 Å². The first-order valence-electron chi connectivity index (χ1n) is 8.33. The molecular formula is C18H26N2O2. The van der Waals surface area contributed by atoms with Crippen molar-refractivity contribution in [1.82, 2.24) is 5.32 Å². The van der Waals surface area contributed by atoms with E-state index < -0.39 is 0 Å². The average molecular weight is 302 g/mol. The van der Waals surface area contributed by atoms with Gasteiger partial charge in [0.25, 0.3) is 0 Å². The molecule has 0 aromatic heterocycles. The lowest BCUT2D eigenvalue weighted by atomic mass is 10.2. The Kier molecular flexibility index (Phi) is 5.99. The van der Waals surface area contributed by atoms with Crippen LogP contribution in [0.2, 0.25) is 0 Å². The van der Waals surface area contributed by atoms with Crippen LogP contribution < -0.4 is 10.2 Å². The van der Waals surface area contributed by atoms with Crippen molar-refractivity contribution in [2.75, 3.05) is 18.0 Å². The molecule has 120 valence electrons. The fourth-order valence-corrected chi connectivity index (χ4v) is 2.75. The molecule has 1 saturated carbocycles. The molecule has 0 radical (unpaired) electrons. The number of para-hydroxylation sites is 1. The highest BCUT2D eigenvalue weighted by Crippen LogP contribution is 2.40. The summed E-state index contributed by atoms with van der Waals surface area (Å²) in [6.07, 6.45) is 3.97. The summed E-state index contributed by atoms with van der Waals surface area (Å²) in [6, 6.07) is 9.66. The van der Waals surface area contributed by atoms with Gasteiger partial charge in [-0.2, -0.15) is 0 Å². The fraction of sp³-hybridized carbons (Fsp3) is 0.556. The van der Waals surface area contributed by atoms with Gasteiger partial charge in [0.1, 0.15) is 0 Å². The highest BCUT2D eigenvalue weighted by Gasteiger charge is 2.49. The Hall–Kier alpha value is -1.84. The van der Waals surface area contributed by atoms with Crippen LogP contribution in [0, 0.1) is 11.8 Å². The zero-order chi connectivity index (χ0) is 15.9. The summed E-state index contributed by atoms with van der Waals surface area (Å²) < 4.78 is 0. The lowest BCUT2D eigenvalue weighted by Crippen LogP contribution is -2.34. The molecule has 1 aromatic rings. The average Bonchev–Trinajstić information content (AvgIpc) is 3.34. The van der Waals surface area contributed by atoms with Gasteiger partial charge in [0.15, 0.2) is 0 Å². The van der Waals surface area contributed by atoms with Gasteiger partial charge < -0.3 is 10.2 Å². The zero-order valence-electron chi connectivity index (χ0n) is 13.5. The van der Waals surface area contributed by atoms with Crippen LogP contribution in [0.15, 0.2) is 30.3 Å². The predicted octanol–water partition coefficient (Wildman–Crippen LogP) is 2.98. The Morgan fingerprint density at radius 2 is 1.86 bits per heavy atom. The maximum absolute atomic E-state index is 12.6. The second-order valence-corrected chi connectivity index (χ2v) is 5.86. The third-order valence-electron chi connectivity index (χ3n) is 4.17. The van der Waals surface area contributed by atoms with Crippen molar-refractivity contribution in [1.29, 1.82) is 0 Å². The van der Waals surface area contributed by atoms with E-state index in [-0.39, 0.29) is 23.7 Å². The Morgan fingerprint density at radius 1 is 1.14 bits per heavy atom. The number of nitrogens with zero attached hydrogens (tertiary/aromatic N) is 1. The molecule has 4 heteroatoms. The summed E-state index contributed by atoms with van der Waals surface area (Å²) in [5.74, 6) is -0.167. The Bertz CT molecular complexity index is 501. The van der Waals surface area contributed by atoms with Gasteiger partial charge in [-0.1, -0.05) is 38.0 Å². The van der Waals surface area contributed by atoms with Crippen molar-refractivity contribution in [2.45, 2.75) is 39.5 Å². The highest BCUT2D eigenvalue weighted by atomic mass is 16.2. The molecule has 2 amide bonds. The molecule has 1 fully saturated rings. The Labute approximate surface area is 132 Å². The SMILES string of the molecule is CCCCCNC(=O)C1CC1C(=O)N(CC)c1ccccc1. The number of rotatable bonds is 8. The van der Waals surface area contributed by atoms with Crippen LogP contribution in [-0.4, -0.2) is 24.9 Å². The van der Waals surface area contributed by atoms with Crippen molar-refractivity contribution >= 4 is 17.5 Å². The van der Waals surface area contributed by atoms with E-state index >= 15 is 0 Å². The molecule has 1 aliphatic rings. The van der Waals surface area contributed by atoms with E-state index in [9.17, 15) is 9.59 Å². The summed E-state index contributed by atoms with van der Waals surface area (Å²) in [7, 11) is 0. The van der Waals surface area contributed by atoms with Crippen molar-refractivity contribution in [2.24, 2.45) is 11.8 Å². The van der Waals surface area contributed by atoms with E-state index in [1.165, 1.54) is 0 Å². The van der Waals surface area contributed by atoms with Crippen LogP contribution in [0.4, 0.5) is 5.69 Å². The van der Waals surface area contributed by atoms with Gasteiger partial charge in [0.2, 0.25) is 11.8 Å². The second kappa shape index (κ2) is 7.97. The quantitative estimate of drug-likeness (QED) is 0.751. The molecule has 4 nitrogen and oxygen atoms in total. The lowest BCUT2D eigenvalue weighted by Gasteiger charge is -2.21. The van der Waals surface area contributed by atoms with Gasteiger partial charge in [-0.3, -0.25) is 9.59 Å². The molecule has 1 N–H and O–H groups in total. The molecule has 0 bridgehead atoms. The molecule has 0 aliphatic heterocycles. The molecule has 1 aliphatic carbocycles. The number of nitrogens with one attached hydrogen (secondary N) is 1.